The van der Waals surface area contributed by atoms with Crippen LogP contribution in [-0.4, -0.2) is 22.7 Å². The fraction of sp³-hybridized carbons (Fsp3) is 0.375. The molecule has 1 heterocycles. The quantitative estimate of drug-likeness (QED) is 0.906. The Morgan fingerprint density at radius 3 is 2.48 bits per heavy atom. The van der Waals surface area contributed by atoms with Gasteiger partial charge in [-0.15, -0.1) is 0 Å². The first kappa shape index (κ1) is 15.1. The van der Waals surface area contributed by atoms with Crippen molar-refractivity contribution in [2.75, 3.05) is 17.7 Å². The van der Waals surface area contributed by atoms with Gasteiger partial charge in [-0.05, 0) is 39.8 Å². The normalized spacial score (nSPS) is 10.8. The van der Waals surface area contributed by atoms with E-state index in [9.17, 15) is 4.79 Å². The minimum Gasteiger partial charge on any atom is -0.387 e. The summed E-state index contributed by atoms with van der Waals surface area (Å²) < 4.78 is 1.93. The van der Waals surface area contributed by atoms with Gasteiger partial charge in [-0.2, -0.15) is 5.10 Å². The van der Waals surface area contributed by atoms with E-state index in [1.54, 1.807) is 13.1 Å². The van der Waals surface area contributed by atoms with E-state index >= 15 is 0 Å². The zero-order valence-corrected chi connectivity index (χ0v) is 13.2. The predicted octanol–water partition coefficient (Wildman–Crippen LogP) is 3.37. The van der Waals surface area contributed by atoms with Gasteiger partial charge in [0.1, 0.15) is 0 Å². The number of carbonyl (C=O) groups excluding carboxylic acids is 1. The molecule has 1 amide bonds. The molecule has 0 spiro atoms. The maximum absolute atomic E-state index is 12.5. The molecule has 1 aromatic carbocycles. The number of aryl methyl sites for hydroxylation is 1. The third-order valence-electron chi connectivity index (χ3n) is 3.49. The average Bonchev–Trinajstić information content (AvgIpc) is 2.75. The number of para-hydroxylation sites is 1. The molecule has 0 unspecified atom stereocenters. The van der Waals surface area contributed by atoms with E-state index in [-0.39, 0.29) is 11.9 Å². The number of benzene rings is 1. The second kappa shape index (κ2) is 5.99. The highest BCUT2D eigenvalue weighted by molar-refractivity contribution is 6.08. The Morgan fingerprint density at radius 1 is 1.24 bits per heavy atom. The van der Waals surface area contributed by atoms with Gasteiger partial charge in [0, 0.05) is 18.8 Å². The molecule has 0 aliphatic rings. The minimum absolute atomic E-state index is 0.130. The standard InChI is InChI=1S/C16H22N4O/c1-10(2)20-12(4)15(11(3)19-20)18-16(21)13-8-6-7-9-14(13)17-5/h6-10,17H,1-5H3,(H,18,21). The van der Waals surface area contributed by atoms with Crippen molar-refractivity contribution < 1.29 is 4.79 Å². The van der Waals surface area contributed by atoms with Crippen molar-refractivity contribution >= 4 is 17.3 Å². The van der Waals surface area contributed by atoms with Crippen molar-refractivity contribution in [1.29, 1.82) is 0 Å². The summed E-state index contributed by atoms with van der Waals surface area (Å²) in [5.41, 5.74) is 4.02. The fourth-order valence-electron chi connectivity index (χ4n) is 2.43. The van der Waals surface area contributed by atoms with Gasteiger partial charge in [0.2, 0.25) is 0 Å². The van der Waals surface area contributed by atoms with Crippen LogP contribution >= 0.6 is 0 Å². The highest BCUT2D eigenvalue weighted by Crippen LogP contribution is 2.24. The van der Waals surface area contributed by atoms with Gasteiger partial charge in [0.25, 0.3) is 5.91 Å². The first-order chi connectivity index (χ1) is 9.95. The number of rotatable bonds is 4. The minimum atomic E-state index is -0.130. The summed E-state index contributed by atoms with van der Waals surface area (Å²) in [7, 11) is 1.80. The lowest BCUT2D eigenvalue weighted by Crippen LogP contribution is -2.15. The SMILES string of the molecule is CNc1ccccc1C(=O)Nc1c(C)nn(C(C)C)c1C. The van der Waals surface area contributed by atoms with Crippen molar-refractivity contribution in [3.05, 3.63) is 41.2 Å². The van der Waals surface area contributed by atoms with E-state index in [1.165, 1.54) is 0 Å². The van der Waals surface area contributed by atoms with Crippen molar-refractivity contribution in [1.82, 2.24) is 9.78 Å². The molecule has 2 rings (SSSR count). The molecule has 1 aromatic heterocycles. The first-order valence-corrected chi connectivity index (χ1v) is 7.09. The van der Waals surface area contributed by atoms with E-state index in [0.29, 0.717) is 5.56 Å². The van der Waals surface area contributed by atoms with Crippen molar-refractivity contribution in [2.24, 2.45) is 0 Å². The topological polar surface area (TPSA) is 59.0 Å². The summed E-state index contributed by atoms with van der Waals surface area (Å²) in [6.45, 7) is 8.02. The van der Waals surface area contributed by atoms with Crippen LogP contribution in [-0.2, 0) is 0 Å². The lowest BCUT2D eigenvalue weighted by molar-refractivity contribution is 0.102. The number of hydrogen-bond acceptors (Lipinski definition) is 3. The highest BCUT2D eigenvalue weighted by atomic mass is 16.1. The summed E-state index contributed by atoms with van der Waals surface area (Å²) in [5, 5.41) is 10.5. The van der Waals surface area contributed by atoms with Gasteiger partial charge in [0.15, 0.2) is 0 Å². The molecule has 0 atom stereocenters. The van der Waals surface area contributed by atoms with Gasteiger partial charge in [-0.1, -0.05) is 12.1 Å². The predicted molar refractivity (Wildman–Crippen MR) is 86.0 cm³/mol. The molecule has 21 heavy (non-hydrogen) atoms. The van der Waals surface area contributed by atoms with E-state index in [2.05, 4.69) is 29.6 Å². The lowest BCUT2D eigenvalue weighted by Gasteiger charge is -2.11. The molecular formula is C16H22N4O. The summed E-state index contributed by atoms with van der Waals surface area (Å²) in [5.74, 6) is -0.130. The van der Waals surface area contributed by atoms with Crippen LogP contribution in [0.5, 0.6) is 0 Å². The van der Waals surface area contributed by atoms with Gasteiger partial charge < -0.3 is 10.6 Å². The van der Waals surface area contributed by atoms with Gasteiger partial charge in [0.05, 0.1) is 22.6 Å². The van der Waals surface area contributed by atoms with Gasteiger partial charge in [-0.3, -0.25) is 9.48 Å². The second-order valence-corrected chi connectivity index (χ2v) is 5.33. The van der Waals surface area contributed by atoms with Crippen molar-refractivity contribution in [3.8, 4) is 0 Å². The number of amides is 1. The third-order valence-corrected chi connectivity index (χ3v) is 3.49. The molecule has 0 saturated heterocycles. The summed E-state index contributed by atoms with van der Waals surface area (Å²) in [6.07, 6.45) is 0. The smallest absolute Gasteiger partial charge is 0.257 e. The molecule has 2 N–H and O–H groups in total. The molecule has 0 aliphatic heterocycles. The van der Waals surface area contributed by atoms with Crippen molar-refractivity contribution in [2.45, 2.75) is 33.7 Å². The Hall–Kier alpha value is -2.30. The first-order valence-electron chi connectivity index (χ1n) is 7.09. The molecular weight excluding hydrogens is 264 g/mol. The molecule has 0 fully saturated rings. The number of nitrogens with one attached hydrogen (secondary N) is 2. The van der Waals surface area contributed by atoms with Crippen LogP contribution in [0.15, 0.2) is 24.3 Å². The summed E-state index contributed by atoms with van der Waals surface area (Å²) in [6, 6.07) is 7.70. The Labute approximate surface area is 125 Å². The number of nitrogens with zero attached hydrogens (tertiary/aromatic N) is 2. The highest BCUT2D eigenvalue weighted by Gasteiger charge is 2.17. The fourth-order valence-corrected chi connectivity index (χ4v) is 2.43. The molecule has 0 aliphatic carbocycles. The van der Waals surface area contributed by atoms with Gasteiger partial charge >= 0.3 is 0 Å². The molecule has 112 valence electrons. The molecule has 5 nitrogen and oxygen atoms in total. The van der Waals surface area contributed by atoms with E-state index < -0.39 is 0 Å². The summed E-state index contributed by atoms with van der Waals surface area (Å²) in [4.78, 5) is 12.5. The van der Waals surface area contributed by atoms with E-state index in [4.69, 9.17) is 0 Å². The zero-order valence-electron chi connectivity index (χ0n) is 13.2. The number of carbonyl (C=O) groups is 1. The number of hydrogen-bond donors (Lipinski definition) is 2. The Balaban J connectivity index is 2.32. The van der Waals surface area contributed by atoms with Crippen LogP contribution in [0.4, 0.5) is 11.4 Å². The largest absolute Gasteiger partial charge is 0.387 e. The lowest BCUT2D eigenvalue weighted by atomic mass is 10.1. The summed E-state index contributed by atoms with van der Waals surface area (Å²) >= 11 is 0. The zero-order chi connectivity index (χ0) is 15.6. The Morgan fingerprint density at radius 2 is 1.90 bits per heavy atom. The van der Waals surface area contributed by atoms with Crippen LogP contribution in [0.3, 0.4) is 0 Å². The monoisotopic (exact) mass is 286 g/mol. The molecule has 2 aromatic rings. The molecule has 0 saturated carbocycles. The van der Waals surface area contributed by atoms with Crippen LogP contribution in [0.25, 0.3) is 0 Å². The number of anilines is 2. The van der Waals surface area contributed by atoms with Crippen LogP contribution in [0, 0.1) is 13.8 Å². The number of aromatic nitrogens is 2. The second-order valence-electron chi connectivity index (χ2n) is 5.33. The molecule has 0 radical (unpaired) electrons. The van der Waals surface area contributed by atoms with Gasteiger partial charge in [-0.25, -0.2) is 0 Å². The van der Waals surface area contributed by atoms with Crippen LogP contribution in [0.1, 0.15) is 41.6 Å². The third kappa shape index (κ3) is 2.91. The van der Waals surface area contributed by atoms with Crippen LogP contribution < -0.4 is 10.6 Å². The Kier molecular flexibility index (Phi) is 4.31. The molecule has 5 heteroatoms. The molecule has 0 bridgehead atoms. The average molecular weight is 286 g/mol. The maximum atomic E-state index is 12.5. The maximum Gasteiger partial charge on any atom is 0.257 e. The van der Waals surface area contributed by atoms with E-state index in [1.807, 2.05) is 36.7 Å². The van der Waals surface area contributed by atoms with Crippen molar-refractivity contribution in [3.63, 3.8) is 0 Å². The van der Waals surface area contributed by atoms with Crippen LogP contribution in [0.2, 0.25) is 0 Å². The van der Waals surface area contributed by atoms with E-state index in [0.717, 1.165) is 22.8 Å². The Bertz CT molecular complexity index is 658.